The summed E-state index contributed by atoms with van der Waals surface area (Å²) in [4.78, 5) is 37.0. The van der Waals surface area contributed by atoms with Gasteiger partial charge in [-0.2, -0.15) is 0 Å². The first kappa shape index (κ1) is 32.2. The number of aromatic nitrogens is 2. The second-order valence-electron chi connectivity index (χ2n) is 10.7. The number of benzene rings is 3. The summed E-state index contributed by atoms with van der Waals surface area (Å²) >= 11 is 0. The summed E-state index contributed by atoms with van der Waals surface area (Å²) in [5.74, 6) is -0.757. The van der Waals surface area contributed by atoms with Crippen LogP contribution in [-0.4, -0.2) is 65.3 Å². The van der Waals surface area contributed by atoms with E-state index in [2.05, 4.69) is 16.9 Å². The highest BCUT2D eigenvalue weighted by molar-refractivity contribution is 5.79. The molecule has 4 rings (SSSR count). The van der Waals surface area contributed by atoms with Crippen LogP contribution in [0, 0.1) is 13.8 Å². The highest BCUT2D eigenvalue weighted by atomic mass is 16.6. The summed E-state index contributed by atoms with van der Waals surface area (Å²) in [6, 6.07) is 27.3. The number of rotatable bonds is 14. The molecule has 0 spiro atoms. The predicted molar refractivity (Wildman–Crippen MR) is 167 cm³/mol. The van der Waals surface area contributed by atoms with Crippen LogP contribution in [0.2, 0.25) is 0 Å². The third-order valence-electron chi connectivity index (χ3n) is 7.61. The van der Waals surface area contributed by atoms with Gasteiger partial charge in [0.2, 0.25) is 12.0 Å². The molecule has 2 unspecified atom stereocenters. The fraction of sp³-hybridized carbons (Fsp3) is 0.314. The average molecular weight is 598 g/mol. The Bertz CT molecular complexity index is 1470. The van der Waals surface area contributed by atoms with E-state index in [4.69, 9.17) is 14.2 Å². The highest BCUT2D eigenvalue weighted by Crippen LogP contribution is 2.39. The molecule has 1 aromatic heterocycles. The van der Waals surface area contributed by atoms with Gasteiger partial charge in [0.05, 0.1) is 7.11 Å². The number of carbonyl (C=O) groups is 2. The SMILES string of the molecule is CCC(CN(C)C(=O)COC(c1ccccc1)(c1ccccc1)C(Oc1nc(C)cc(C)n1)C(=O)O)c1ccc(OC)cc1. The number of hydrogen-bond acceptors (Lipinski definition) is 7. The fourth-order valence-corrected chi connectivity index (χ4v) is 5.31. The van der Waals surface area contributed by atoms with E-state index in [-0.39, 0.29) is 17.8 Å². The Balaban J connectivity index is 1.70. The van der Waals surface area contributed by atoms with E-state index < -0.39 is 24.3 Å². The number of aryl methyl sites for hydroxylation is 2. The lowest BCUT2D eigenvalue weighted by atomic mass is 9.81. The zero-order valence-corrected chi connectivity index (χ0v) is 25.8. The summed E-state index contributed by atoms with van der Waals surface area (Å²) in [5.41, 5.74) is 1.62. The van der Waals surface area contributed by atoms with Crippen molar-refractivity contribution < 1.29 is 28.9 Å². The number of carbonyl (C=O) groups excluding carboxylic acids is 1. The van der Waals surface area contributed by atoms with Gasteiger partial charge in [-0.15, -0.1) is 0 Å². The lowest BCUT2D eigenvalue weighted by molar-refractivity contribution is -0.169. The minimum atomic E-state index is -1.73. The van der Waals surface area contributed by atoms with Crippen LogP contribution in [0.5, 0.6) is 11.8 Å². The summed E-state index contributed by atoms with van der Waals surface area (Å²) in [6.45, 7) is 5.67. The van der Waals surface area contributed by atoms with Crippen LogP contribution in [-0.2, 0) is 19.9 Å². The minimum Gasteiger partial charge on any atom is -0.497 e. The molecular formula is C35H39N3O6. The molecule has 9 heteroatoms. The van der Waals surface area contributed by atoms with Gasteiger partial charge in [-0.1, -0.05) is 79.7 Å². The zero-order valence-electron chi connectivity index (χ0n) is 25.8. The molecule has 0 saturated carbocycles. The number of nitrogens with zero attached hydrogens (tertiary/aromatic N) is 3. The normalized spacial score (nSPS) is 12.7. The Morgan fingerprint density at radius 2 is 1.43 bits per heavy atom. The van der Waals surface area contributed by atoms with Gasteiger partial charge >= 0.3 is 12.0 Å². The van der Waals surface area contributed by atoms with Crippen LogP contribution < -0.4 is 9.47 Å². The van der Waals surface area contributed by atoms with E-state index in [1.807, 2.05) is 36.4 Å². The molecule has 1 heterocycles. The van der Waals surface area contributed by atoms with Gasteiger partial charge in [-0.05, 0) is 55.2 Å². The largest absolute Gasteiger partial charge is 0.497 e. The minimum absolute atomic E-state index is 0.0830. The number of carboxylic acid groups (broad SMARTS) is 1. The molecule has 0 aliphatic rings. The van der Waals surface area contributed by atoms with Crippen LogP contribution in [0.4, 0.5) is 0 Å². The van der Waals surface area contributed by atoms with Gasteiger partial charge in [-0.25, -0.2) is 14.8 Å². The smallest absolute Gasteiger partial charge is 0.348 e. The Morgan fingerprint density at radius 1 is 0.886 bits per heavy atom. The maximum atomic E-state index is 13.6. The first-order chi connectivity index (χ1) is 21.2. The molecule has 1 amide bonds. The number of methoxy groups -OCH3 is 1. The number of amides is 1. The molecule has 0 aliphatic carbocycles. The Hall–Kier alpha value is -4.76. The highest BCUT2D eigenvalue weighted by Gasteiger charge is 2.50. The van der Waals surface area contributed by atoms with E-state index in [0.717, 1.165) is 17.7 Å². The Kier molecular flexibility index (Phi) is 10.7. The van der Waals surface area contributed by atoms with Crippen molar-refractivity contribution >= 4 is 11.9 Å². The molecule has 1 N–H and O–H groups in total. The van der Waals surface area contributed by atoms with E-state index >= 15 is 0 Å². The van der Waals surface area contributed by atoms with Crippen molar-refractivity contribution in [2.45, 2.75) is 44.8 Å². The van der Waals surface area contributed by atoms with Crippen molar-refractivity contribution in [2.24, 2.45) is 0 Å². The zero-order chi connectivity index (χ0) is 31.7. The molecule has 230 valence electrons. The molecule has 0 bridgehead atoms. The summed E-state index contributed by atoms with van der Waals surface area (Å²) < 4.78 is 17.9. The lowest BCUT2D eigenvalue weighted by Gasteiger charge is -2.39. The van der Waals surface area contributed by atoms with Gasteiger partial charge in [-0.3, -0.25) is 4.79 Å². The summed E-state index contributed by atoms with van der Waals surface area (Å²) in [7, 11) is 3.34. The maximum absolute atomic E-state index is 13.6. The van der Waals surface area contributed by atoms with Gasteiger partial charge in [0.1, 0.15) is 12.4 Å². The van der Waals surface area contributed by atoms with Crippen LogP contribution in [0.3, 0.4) is 0 Å². The van der Waals surface area contributed by atoms with Crippen molar-refractivity contribution in [3.05, 3.63) is 119 Å². The van der Waals surface area contributed by atoms with Crippen molar-refractivity contribution in [1.82, 2.24) is 14.9 Å². The molecule has 3 aromatic carbocycles. The van der Waals surface area contributed by atoms with Crippen molar-refractivity contribution in [1.29, 1.82) is 0 Å². The first-order valence-corrected chi connectivity index (χ1v) is 14.5. The quantitative estimate of drug-likeness (QED) is 0.202. The fourth-order valence-electron chi connectivity index (χ4n) is 5.31. The molecule has 44 heavy (non-hydrogen) atoms. The number of aliphatic carboxylic acids is 1. The van der Waals surface area contributed by atoms with E-state index in [1.165, 1.54) is 0 Å². The van der Waals surface area contributed by atoms with Crippen LogP contribution in [0.1, 0.15) is 47.3 Å². The van der Waals surface area contributed by atoms with Gasteiger partial charge in [0.25, 0.3) is 0 Å². The van der Waals surface area contributed by atoms with Gasteiger partial charge in [0, 0.05) is 30.9 Å². The van der Waals surface area contributed by atoms with Crippen molar-refractivity contribution in [3.8, 4) is 11.8 Å². The second kappa shape index (κ2) is 14.6. The van der Waals surface area contributed by atoms with E-state index in [9.17, 15) is 14.7 Å². The van der Waals surface area contributed by atoms with Crippen LogP contribution >= 0.6 is 0 Å². The first-order valence-electron chi connectivity index (χ1n) is 14.5. The topological polar surface area (TPSA) is 111 Å². The molecule has 4 aromatic rings. The predicted octanol–water partition coefficient (Wildman–Crippen LogP) is 5.55. The summed E-state index contributed by atoms with van der Waals surface area (Å²) in [5, 5.41) is 10.7. The second-order valence-corrected chi connectivity index (χ2v) is 10.7. The number of hydrogen-bond donors (Lipinski definition) is 1. The Labute approximate surface area is 258 Å². The van der Waals surface area contributed by atoms with Crippen molar-refractivity contribution in [3.63, 3.8) is 0 Å². The third-order valence-corrected chi connectivity index (χ3v) is 7.61. The van der Waals surface area contributed by atoms with Crippen LogP contribution in [0.25, 0.3) is 0 Å². The molecule has 9 nitrogen and oxygen atoms in total. The average Bonchev–Trinajstić information content (AvgIpc) is 3.03. The number of likely N-dealkylation sites (N-methyl/N-ethyl adjacent to an activating group) is 1. The molecule has 0 radical (unpaired) electrons. The molecule has 0 saturated heterocycles. The van der Waals surface area contributed by atoms with E-state index in [1.54, 1.807) is 87.5 Å². The molecule has 2 atom stereocenters. The number of ether oxygens (including phenoxy) is 3. The van der Waals surface area contributed by atoms with Gasteiger partial charge < -0.3 is 24.2 Å². The molecule has 0 fully saturated rings. The van der Waals surface area contributed by atoms with E-state index in [0.29, 0.717) is 29.1 Å². The standard InChI is InChI=1S/C35H39N3O6/c1-6-26(27-17-19-30(42-5)20-18-27)22-38(4)31(39)23-43-35(28-13-9-7-10-14-28,29-15-11-8-12-16-29)32(33(40)41)44-34-36-24(2)21-25(3)37-34/h7-21,26,32H,6,22-23H2,1-5H3,(H,40,41). The molecular weight excluding hydrogens is 558 g/mol. The summed E-state index contributed by atoms with van der Waals surface area (Å²) in [6.07, 6.45) is -0.831. The van der Waals surface area contributed by atoms with Crippen molar-refractivity contribution in [2.75, 3.05) is 27.3 Å². The van der Waals surface area contributed by atoms with Gasteiger partial charge in [0.15, 0.2) is 5.60 Å². The Morgan fingerprint density at radius 3 is 1.91 bits per heavy atom. The lowest BCUT2D eigenvalue weighted by Crippen LogP contribution is -2.52. The third kappa shape index (κ3) is 7.41. The molecule has 0 aliphatic heterocycles. The maximum Gasteiger partial charge on any atom is 0.348 e. The monoisotopic (exact) mass is 597 g/mol. The van der Waals surface area contributed by atoms with Crippen LogP contribution in [0.15, 0.2) is 91.0 Å². The number of carboxylic acids is 1.